The summed E-state index contributed by atoms with van der Waals surface area (Å²) in [5.41, 5.74) is 2.01. The van der Waals surface area contributed by atoms with Gasteiger partial charge < -0.3 is 9.47 Å². The standard InChI is InChI=1S/C14H21ClO2/c1-9(2)13-7-6-10(3)8-14(13)17-12(5)16-11(4)15/h6-9,11-12H,1-5H3. The number of ether oxygens (including phenoxy) is 2. The van der Waals surface area contributed by atoms with E-state index in [4.69, 9.17) is 21.1 Å². The molecule has 0 aliphatic rings. The molecule has 0 spiro atoms. The molecule has 0 fully saturated rings. The van der Waals surface area contributed by atoms with E-state index in [0.29, 0.717) is 5.92 Å². The fourth-order valence-electron chi connectivity index (χ4n) is 1.69. The van der Waals surface area contributed by atoms with Crippen molar-refractivity contribution in [3.8, 4) is 5.75 Å². The SMILES string of the molecule is Cc1ccc(C(C)C)c(OC(C)OC(C)Cl)c1. The Hall–Kier alpha value is -0.730. The summed E-state index contributed by atoms with van der Waals surface area (Å²) >= 11 is 5.77. The molecule has 0 saturated carbocycles. The van der Waals surface area contributed by atoms with Crippen molar-refractivity contribution in [2.24, 2.45) is 0 Å². The molecule has 0 aliphatic carbocycles. The Morgan fingerprint density at radius 2 is 1.76 bits per heavy atom. The van der Waals surface area contributed by atoms with Crippen molar-refractivity contribution in [1.29, 1.82) is 0 Å². The van der Waals surface area contributed by atoms with Gasteiger partial charge in [0, 0.05) is 0 Å². The van der Waals surface area contributed by atoms with Gasteiger partial charge in [-0.05, 0) is 43.9 Å². The third-order valence-corrected chi connectivity index (χ3v) is 2.57. The van der Waals surface area contributed by atoms with Crippen molar-refractivity contribution >= 4 is 11.6 Å². The highest BCUT2D eigenvalue weighted by Crippen LogP contribution is 2.28. The number of hydrogen-bond donors (Lipinski definition) is 0. The second-order valence-corrected chi connectivity index (χ2v) is 5.18. The fraction of sp³-hybridized carbons (Fsp3) is 0.571. The Kier molecular flexibility index (Phi) is 5.29. The van der Waals surface area contributed by atoms with Crippen LogP contribution in [0.1, 0.15) is 44.7 Å². The fourth-order valence-corrected chi connectivity index (χ4v) is 1.84. The zero-order chi connectivity index (χ0) is 13.0. The normalized spacial score (nSPS) is 14.8. The van der Waals surface area contributed by atoms with Crippen molar-refractivity contribution in [2.75, 3.05) is 0 Å². The monoisotopic (exact) mass is 256 g/mol. The first-order valence-electron chi connectivity index (χ1n) is 5.97. The molecule has 0 aliphatic heterocycles. The molecule has 1 rings (SSSR count). The number of hydrogen-bond acceptors (Lipinski definition) is 2. The van der Waals surface area contributed by atoms with Gasteiger partial charge in [0.2, 0.25) is 0 Å². The maximum atomic E-state index is 5.79. The zero-order valence-electron chi connectivity index (χ0n) is 11.2. The van der Waals surface area contributed by atoms with Crippen LogP contribution in [0.25, 0.3) is 0 Å². The van der Waals surface area contributed by atoms with Crippen LogP contribution in [-0.2, 0) is 4.74 Å². The van der Waals surface area contributed by atoms with Crippen LogP contribution in [-0.4, -0.2) is 11.9 Å². The smallest absolute Gasteiger partial charge is 0.198 e. The van der Waals surface area contributed by atoms with Crippen molar-refractivity contribution < 1.29 is 9.47 Å². The second kappa shape index (κ2) is 6.27. The summed E-state index contributed by atoms with van der Waals surface area (Å²) in [6.07, 6.45) is -0.346. The van der Waals surface area contributed by atoms with Gasteiger partial charge >= 0.3 is 0 Å². The van der Waals surface area contributed by atoms with Crippen LogP contribution in [0.4, 0.5) is 0 Å². The van der Waals surface area contributed by atoms with E-state index in [1.807, 2.05) is 19.9 Å². The van der Waals surface area contributed by atoms with E-state index in [9.17, 15) is 0 Å². The Morgan fingerprint density at radius 3 is 2.29 bits per heavy atom. The van der Waals surface area contributed by atoms with Crippen LogP contribution in [0.5, 0.6) is 5.75 Å². The van der Waals surface area contributed by atoms with Gasteiger partial charge in [-0.1, -0.05) is 37.6 Å². The van der Waals surface area contributed by atoms with Gasteiger partial charge in [0.15, 0.2) is 6.29 Å². The Bertz CT molecular complexity index is 361. The number of aryl methyl sites for hydroxylation is 1. The topological polar surface area (TPSA) is 18.5 Å². The lowest BCUT2D eigenvalue weighted by atomic mass is 10.0. The lowest BCUT2D eigenvalue weighted by molar-refractivity contribution is -0.0761. The van der Waals surface area contributed by atoms with E-state index in [1.54, 1.807) is 6.92 Å². The summed E-state index contributed by atoms with van der Waals surface area (Å²) in [6.45, 7) is 9.97. The zero-order valence-corrected chi connectivity index (χ0v) is 11.9. The van der Waals surface area contributed by atoms with E-state index in [1.165, 1.54) is 11.1 Å². The van der Waals surface area contributed by atoms with E-state index < -0.39 is 0 Å². The number of halogens is 1. The van der Waals surface area contributed by atoms with Gasteiger partial charge in [0.05, 0.1) is 0 Å². The third kappa shape index (κ3) is 4.57. The first-order valence-corrected chi connectivity index (χ1v) is 6.40. The van der Waals surface area contributed by atoms with Gasteiger partial charge in [-0.15, -0.1) is 0 Å². The highest BCUT2D eigenvalue weighted by molar-refractivity contribution is 6.19. The second-order valence-electron chi connectivity index (χ2n) is 4.56. The quantitative estimate of drug-likeness (QED) is 0.573. The summed E-state index contributed by atoms with van der Waals surface area (Å²) in [6, 6.07) is 6.23. The van der Waals surface area contributed by atoms with Crippen LogP contribution in [0.15, 0.2) is 18.2 Å². The van der Waals surface area contributed by atoms with Crippen molar-refractivity contribution in [1.82, 2.24) is 0 Å². The first kappa shape index (κ1) is 14.3. The highest BCUT2D eigenvalue weighted by atomic mass is 35.5. The van der Waals surface area contributed by atoms with Gasteiger partial charge in [-0.2, -0.15) is 0 Å². The van der Waals surface area contributed by atoms with E-state index >= 15 is 0 Å². The number of benzene rings is 1. The lowest BCUT2D eigenvalue weighted by Gasteiger charge is -2.20. The molecule has 0 bridgehead atoms. The van der Waals surface area contributed by atoms with E-state index in [0.717, 1.165) is 5.75 Å². The van der Waals surface area contributed by atoms with Crippen LogP contribution >= 0.6 is 11.6 Å². The molecule has 0 N–H and O–H groups in total. The number of alkyl halides is 1. The minimum absolute atomic E-state index is 0.346. The van der Waals surface area contributed by atoms with E-state index in [-0.39, 0.29) is 11.9 Å². The predicted molar refractivity (Wildman–Crippen MR) is 71.8 cm³/mol. The average molecular weight is 257 g/mol. The predicted octanol–water partition coefficient (Wildman–Crippen LogP) is 4.44. The van der Waals surface area contributed by atoms with Crippen LogP contribution < -0.4 is 4.74 Å². The molecule has 17 heavy (non-hydrogen) atoms. The average Bonchev–Trinajstić information content (AvgIpc) is 2.15. The molecule has 3 heteroatoms. The Labute approximate surface area is 109 Å². The highest BCUT2D eigenvalue weighted by Gasteiger charge is 2.12. The minimum Gasteiger partial charge on any atom is -0.465 e. The summed E-state index contributed by atoms with van der Waals surface area (Å²) < 4.78 is 11.2. The third-order valence-electron chi connectivity index (χ3n) is 2.46. The maximum absolute atomic E-state index is 5.79. The first-order chi connectivity index (χ1) is 7.90. The number of rotatable bonds is 5. The molecular weight excluding hydrogens is 236 g/mol. The Balaban J connectivity index is 2.84. The lowest BCUT2D eigenvalue weighted by Crippen LogP contribution is -2.20. The van der Waals surface area contributed by atoms with Crippen molar-refractivity contribution in [3.63, 3.8) is 0 Å². The largest absolute Gasteiger partial charge is 0.465 e. The van der Waals surface area contributed by atoms with Gasteiger partial charge in [0.25, 0.3) is 0 Å². The molecule has 0 radical (unpaired) electrons. The maximum Gasteiger partial charge on any atom is 0.198 e. The molecule has 0 saturated heterocycles. The molecule has 96 valence electrons. The molecule has 1 aromatic carbocycles. The molecule has 2 nitrogen and oxygen atoms in total. The summed E-state index contributed by atoms with van der Waals surface area (Å²) in [4.78, 5) is 0. The molecule has 0 amide bonds. The molecule has 0 heterocycles. The van der Waals surface area contributed by atoms with Crippen LogP contribution in [0.3, 0.4) is 0 Å². The van der Waals surface area contributed by atoms with Crippen molar-refractivity contribution in [2.45, 2.75) is 52.4 Å². The van der Waals surface area contributed by atoms with Crippen LogP contribution in [0, 0.1) is 6.92 Å². The molecule has 1 aromatic rings. The minimum atomic E-state index is -0.350. The van der Waals surface area contributed by atoms with Gasteiger partial charge in [-0.3, -0.25) is 0 Å². The van der Waals surface area contributed by atoms with Crippen LogP contribution in [0.2, 0.25) is 0 Å². The molecular formula is C14H21ClO2. The molecule has 0 aromatic heterocycles. The summed E-state index contributed by atoms with van der Waals surface area (Å²) in [7, 11) is 0. The van der Waals surface area contributed by atoms with Gasteiger partial charge in [-0.25, -0.2) is 0 Å². The van der Waals surface area contributed by atoms with Crippen molar-refractivity contribution in [3.05, 3.63) is 29.3 Å². The Morgan fingerprint density at radius 1 is 1.12 bits per heavy atom. The van der Waals surface area contributed by atoms with E-state index in [2.05, 4.69) is 26.0 Å². The van der Waals surface area contributed by atoms with Gasteiger partial charge in [0.1, 0.15) is 11.3 Å². The summed E-state index contributed by atoms with van der Waals surface area (Å²) in [5.74, 6) is 1.30. The summed E-state index contributed by atoms with van der Waals surface area (Å²) in [5, 5.41) is 0. The molecule has 2 atom stereocenters. The molecule has 2 unspecified atom stereocenters.